The normalized spacial score (nSPS) is 13.0. The molecule has 0 saturated heterocycles. The molecule has 9 heteroatoms. The molecule has 1 aromatic carbocycles. The molecule has 150 valence electrons. The molecule has 0 fully saturated rings. The third-order valence-corrected chi connectivity index (χ3v) is 4.44. The highest BCUT2D eigenvalue weighted by atomic mass is 16.6. The van der Waals surface area contributed by atoms with Crippen LogP contribution in [-0.2, 0) is 13.1 Å². The van der Waals surface area contributed by atoms with Crippen molar-refractivity contribution < 1.29 is 14.3 Å². The van der Waals surface area contributed by atoms with E-state index in [0.29, 0.717) is 44.2 Å². The van der Waals surface area contributed by atoms with E-state index in [1.807, 2.05) is 25.1 Å². The van der Waals surface area contributed by atoms with Gasteiger partial charge in [0.25, 0.3) is 5.56 Å². The zero-order valence-electron chi connectivity index (χ0n) is 16.0. The smallest absolute Gasteiger partial charge is 0.329 e. The second kappa shape index (κ2) is 8.30. The Kier molecular flexibility index (Phi) is 5.84. The van der Waals surface area contributed by atoms with E-state index in [1.54, 1.807) is 11.9 Å². The molecule has 0 saturated carbocycles. The Morgan fingerprint density at radius 1 is 1.25 bits per heavy atom. The molecular formula is C19H24N4O5. The van der Waals surface area contributed by atoms with E-state index in [0.717, 1.165) is 5.56 Å². The number of nitrogens with zero attached hydrogens (tertiary/aromatic N) is 2. The van der Waals surface area contributed by atoms with E-state index in [-0.39, 0.29) is 17.9 Å². The Morgan fingerprint density at radius 2 is 1.96 bits per heavy atom. The number of H-pyrrole nitrogens is 1. The molecular weight excluding hydrogens is 364 g/mol. The molecule has 2 aromatic rings. The minimum atomic E-state index is -0.757. The maximum Gasteiger partial charge on any atom is 0.329 e. The number of benzene rings is 1. The van der Waals surface area contributed by atoms with Gasteiger partial charge in [-0.25, -0.2) is 4.79 Å². The summed E-state index contributed by atoms with van der Waals surface area (Å²) in [7, 11) is 1.77. The average molecular weight is 388 g/mol. The fourth-order valence-electron chi connectivity index (χ4n) is 3.18. The van der Waals surface area contributed by atoms with Crippen LogP contribution >= 0.6 is 0 Å². The standard InChI is InChI=1S/C19H24N4O5/c1-3-6-23-17(20)16(18(25)21-19(23)26)13(24)11-22(2)10-12-4-5-14-15(9-12)28-8-7-27-14/h4-5,9H,3,6-8,10-11,20H2,1-2H3,(H,21,25,26). The van der Waals surface area contributed by atoms with Crippen LogP contribution in [0.15, 0.2) is 27.8 Å². The number of rotatable bonds is 7. The summed E-state index contributed by atoms with van der Waals surface area (Å²) in [4.78, 5) is 40.7. The minimum absolute atomic E-state index is 0.0218. The summed E-state index contributed by atoms with van der Waals surface area (Å²) in [5.41, 5.74) is 5.35. The summed E-state index contributed by atoms with van der Waals surface area (Å²) >= 11 is 0. The fraction of sp³-hybridized carbons (Fsp3) is 0.421. The molecule has 3 N–H and O–H groups in total. The first-order valence-corrected chi connectivity index (χ1v) is 9.13. The third-order valence-electron chi connectivity index (χ3n) is 4.44. The molecule has 2 heterocycles. The van der Waals surface area contributed by atoms with Crippen molar-refractivity contribution in [1.29, 1.82) is 0 Å². The Hall–Kier alpha value is -3.07. The number of nitrogens with two attached hydrogens (primary N) is 1. The van der Waals surface area contributed by atoms with E-state index in [4.69, 9.17) is 15.2 Å². The SMILES string of the molecule is CCCn1c(N)c(C(=O)CN(C)Cc2ccc3c(c2)OCCO3)c(=O)[nH]c1=O. The minimum Gasteiger partial charge on any atom is -0.486 e. The number of nitrogens with one attached hydrogen (secondary N) is 1. The van der Waals surface area contributed by atoms with Crippen molar-refractivity contribution in [3.05, 3.63) is 50.2 Å². The molecule has 0 aliphatic carbocycles. The highest BCUT2D eigenvalue weighted by Crippen LogP contribution is 2.31. The first-order chi connectivity index (χ1) is 13.4. The van der Waals surface area contributed by atoms with Crippen LogP contribution in [0.2, 0.25) is 0 Å². The maximum absolute atomic E-state index is 12.7. The zero-order valence-corrected chi connectivity index (χ0v) is 16.0. The van der Waals surface area contributed by atoms with Crippen LogP contribution in [0.4, 0.5) is 5.82 Å². The van der Waals surface area contributed by atoms with Gasteiger partial charge in [-0.05, 0) is 31.2 Å². The summed E-state index contributed by atoms with van der Waals surface area (Å²) in [6, 6.07) is 5.61. The number of likely N-dealkylation sites (N-methyl/N-ethyl adjacent to an activating group) is 1. The molecule has 0 bridgehead atoms. The van der Waals surface area contributed by atoms with E-state index in [1.165, 1.54) is 4.57 Å². The second-order valence-corrected chi connectivity index (χ2v) is 6.74. The Labute approximate surface area is 161 Å². The van der Waals surface area contributed by atoms with Gasteiger partial charge in [-0.1, -0.05) is 13.0 Å². The number of anilines is 1. The first kappa shape index (κ1) is 19.7. The van der Waals surface area contributed by atoms with Gasteiger partial charge in [0.15, 0.2) is 17.3 Å². The summed E-state index contributed by atoms with van der Waals surface area (Å²) in [5, 5.41) is 0. The molecule has 9 nitrogen and oxygen atoms in total. The van der Waals surface area contributed by atoms with Crippen LogP contribution in [0.3, 0.4) is 0 Å². The van der Waals surface area contributed by atoms with Gasteiger partial charge < -0.3 is 15.2 Å². The van der Waals surface area contributed by atoms with Gasteiger partial charge >= 0.3 is 5.69 Å². The molecule has 0 atom stereocenters. The lowest BCUT2D eigenvalue weighted by atomic mass is 10.1. The number of ketones is 1. The van der Waals surface area contributed by atoms with Gasteiger partial charge in [-0.2, -0.15) is 0 Å². The molecule has 28 heavy (non-hydrogen) atoms. The summed E-state index contributed by atoms with van der Waals surface area (Å²) < 4.78 is 12.3. The molecule has 1 aliphatic rings. The van der Waals surface area contributed by atoms with Crippen LogP contribution in [0, 0.1) is 0 Å². The number of Topliss-reactive ketones (excluding diaryl/α,β-unsaturated/α-hetero) is 1. The van der Waals surface area contributed by atoms with Crippen LogP contribution in [0.25, 0.3) is 0 Å². The van der Waals surface area contributed by atoms with Gasteiger partial charge in [-0.15, -0.1) is 0 Å². The van der Waals surface area contributed by atoms with Crippen molar-refractivity contribution in [3.8, 4) is 11.5 Å². The number of carbonyl (C=O) groups is 1. The van der Waals surface area contributed by atoms with E-state index >= 15 is 0 Å². The third kappa shape index (κ3) is 4.09. The lowest BCUT2D eigenvalue weighted by Crippen LogP contribution is -2.38. The average Bonchev–Trinajstić information content (AvgIpc) is 2.64. The number of hydrogen-bond donors (Lipinski definition) is 2. The summed E-state index contributed by atoms with van der Waals surface area (Å²) in [6.07, 6.45) is 0.647. The van der Waals surface area contributed by atoms with E-state index in [9.17, 15) is 14.4 Å². The molecule has 1 aliphatic heterocycles. The van der Waals surface area contributed by atoms with Crippen molar-refractivity contribution >= 4 is 11.6 Å². The fourth-order valence-corrected chi connectivity index (χ4v) is 3.18. The number of aromatic amines is 1. The number of hydrogen-bond acceptors (Lipinski definition) is 7. The first-order valence-electron chi connectivity index (χ1n) is 9.13. The van der Waals surface area contributed by atoms with Crippen LogP contribution < -0.4 is 26.5 Å². The lowest BCUT2D eigenvalue weighted by molar-refractivity contribution is 0.0941. The number of aromatic nitrogens is 2. The number of nitrogen functional groups attached to an aromatic ring is 1. The monoisotopic (exact) mass is 388 g/mol. The number of carbonyl (C=O) groups excluding carboxylic acids is 1. The van der Waals surface area contributed by atoms with Crippen molar-refractivity contribution in [3.63, 3.8) is 0 Å². The highest BCUT2D eigenvalue weighted by molar-refractivity contribution is 6.01. The quantitative estimate of drug-likeness (QED) is 0.667. The molecule has 0 spiro atoms. The maximum atomic E-state index is 12.7. The second-order valence-electron chi connectivity index (χ2n) is 6.74. The molecule has 0 radical (unpaired) electrons. The van der Waals surface area contributed by atoms with E-state index in [2.05, 4.69) is 4.98 Å². The number of ether oxygens (including phenoxy) is 2. The largest absolute Gasteiger partial charge is 0.486 e. The summed E-state index contributed by atoms with van der Waals surface area (Å²) in [5.74, 6) is 0.846. The van der Waals surface area contributed by atoms with Crippen molar-refractivity contribution in [2.24, 2.45) is 0 Å². The predicted octanol–water partition coefficient (Wildman–Crippen LogP) is 0.615. The van der Waals surface area contributed by atoms with Gasteiger partial charge in [-0.3, -0.25) is 24.0 Å². The van der Waals surface area contributed by atoms with Crippen molar-refractivity contribution in [2.45, 2.75) is 26.4 Å². The van der Waals surface area contributed by atoms with Crippen LogP contribution in [0.5, 0.6) is 11.5 Å². The Balaban J connectivity index is 1.75. The topological polar surface area (TPSA) is 120 Å². The highest BCUT2D eigenvalue weighted by Gasteiger charge is 2.21. The Morgan fingerprint density at radius 3 is 2.68 bits per heavy atom. The van der Waals surface area contributed by atoms with Crippen LogP contribution in [0.1, 0.15) is 29.3 Å². The lowest BCUT2D eigenvalue weighted by Gasteiger charge is -2.21. The Bertz CT molecular complexity index is 995. The van der Waals surface area contributed by atoms with Crippen molar-refractivity contribution in [1.82, 2.24) is 14.5 Å². The van der Waals surface area contributed by atoms with E-state index < -0.39 is 17.0 Å². The molecule has 3 rings (SSSR count). The summed E-state index contributed by atoms with van der Waals surface area (Å²) in [6.45, 7) is 3.67. The number of fused-ring (bicyclic) bond motifs is 1. The predicted molar refractivity (Wildman–Crippen MR) is 104 cm³/mol. The zero-order chi connectivity index (χ0) is 20.3. The van der Waals surface area contributed by atoms with Gasteiger partial charge in [0.1, 0.15) is 24.6 Å². The molecule has 0 amide bonds. The van der Waals surface area contributed by atoms with Gasteiger partial charge in [0, 0.05) is 13.1 Å². The van der Waals surface area contributed by atoms with Gasteiger partial charge in [0.2, 0.25) is 0 Å². The van der Waals surface area contributed by atoms with Crippen LogP contribution in [-0.4, -0.2) is 47.0 Å². The van der Waals surface area contributed by atoms with Gasteiger partial charge in [0.05, 0.1) is 6.54 Å². The van der Waals surface area contributed by atoms with Crippen molar-refractivity contribution in [2.75, 3.05) is 32.5 Å². The molecule has 1 aromatic heterocycles. The molecule has 0 unspecified atom stereocenters.